The van der Waals surface area contributed by atoms with Crippen molar-refractivity contribution in [3.05, 3.63) is 0 Å². The van der Waals surface area contributed by atoms with Crippen molar-refractivity contribution in [1.82, 2.24) is 5.32 Å². The van der Waals surface area contributed by atoms with Crippen LogP contribution in [0.25, 0.3) is 0 Å². The molecule has 0 aliphatic rings. The van der Waals surface area contributed by atoms with Gasteiger partial charge < -0.3 is 15.2 Å². The number of nitrogens with one attached hydrogen (secondary N) is 1. The molecule has 2 N–H and O–H groups in total. The van der Waals surface area contributed by atoms with Gasteiger partial charge in [-0.3, -0.25) is 9.00 Å². The van der Waals surface area contributed by atoms with E-state index in [0.717, 1.165) is 0 Å². The molecule has 0 aliphatic carbocycles. The Morgan fingerprint density at radius 2 is 2.07 bits per heavy atom. The summed E-state index contributed by atoms with van der Waals surface area (Å²) in [6.07, 6.45) is 0. The Bertz CT molecular complexity index is 243. The third-order valence-electron chi connectivity index (χ3n) is 1.43. The van der Waals surface area contributed by atoms with E-state index in [0.29, 0.717) is 18.1 Å². The largest absolute Gasteiger partial charge is 0.480 e. The highest BCUT2D eigenvalue weighted by Gasteiger charge is 2.03. The fraction of sp³-hybridized carbons (Fsp3) is 0.750. The number of carbonyl (C=O) groups excluding carboxylic acids is 1. The van der Waals surface area contributed by atoms with E-state index in [1.807, 2.05) is 0 Å². The van der Waals surface area contributed by atoms with Gasteiger partial charge in [0.2, 0.25) is 5.91 Å². The van der Waals surface area contributed by atoms with Gasteiger partial charge in [0.1, 0.15) is 13.2 Å². The summed E-state index contributed by atoms with van der Waals surface area (Å²) in [5.74, 6) is -0.550. The van der Waals surface area contributed by atoms with Gasteiger partial charge in [0.25, 0.3) is 0 Å². The molecule has 0 saturated carbocycles. The first-order valence-corrected chi connectivity index (χ1v) is 5.96. The second kappa shape index (κ2) is 8.37. The Hall–Kier alpha value is -0.950. The van der Waals surface area contributed by atoms with Crippen molar-refractivity contribution in [2.75, 3.05) is 31.3 Å². The lowest BCUT2D eigenvalue weighted by Gasteiger charge is -2.04. The third-order valence-corrected chi connectivity index (χ3v) is 2.74. The second-order valence-electron chi connectivity index (χ2n) is 2.67. The first-order valence-electron chi connectivity index (χ1n) is 4.47. The minimum atomic E-state index is -1.12. The number of hydrogen-bond donors (Lipinski definition) is 2. The Morgan fingerprint density at radius 1 is 1.40 bits per heavy atom. The minimum absolute atomic E-state index is 0.287. The molecule has 0 aliphatic heterocycles. The quantitative estimate of drug-likeness (QED) is 0.563. The Labute approximate surface area is 90.4 Å². The van der Waals surface area contributed by atoms with Gasteiger partial charge in [0.15, 0.2) is 0 Å². The van der Waals surface area contributed by atoms with Crippen LogP contribution in [0, 0.1) is 0 Å². The van der Waals surface area contributed by atoms with Crippen LogP contribution in [-0.4, -0.2) is 52.5 Å². The van der Waals surface area contributed by atoms with Gasteiger partial charge in [-0.05, 0) is 0 Å². The number of carboxylic acid groups (broad SMARTS) is 1. The van der Waals surface area contributed by atoms with E-state index in [2.05, 4.69) is 10.1 Å². The maximum Gasteiger partial charge on any atom is 0.329 e. The second-order valence-corrected chi connectivity index (χ2v) is 4.53. The summed E-state index contributed by atoms with van der Waals surface area (Å²) in [7, 11) is -0.906. The number of carboxylic acids is 1. The van der Waals surface area contributed by atoms with Crippen molar-refractivity contribution in [1.29, 1.82) is 0 Å². The van der Waals surface area contributed by atoms with Crippen LogP contribution in [0.15, 0.2) is 0 Å². The molecule has 0 saturated heterocycles. The van der Waals surface area contributed by atoms with Crippen molar-refractivity contribution in [2.24, 2.45) is 0 Å². The van der Waals surface area contributed by atoms with Crippen molar-refractivity contribution < 1.29 is 23.6 Å². The topological polar surface area (TPSA) is 92.7 Å². The zero-order chi connectivity index (χ0) is 11.7. The lowest BCUT2D eigenvalue weighted by molar-refractivity contribution is -0.143. The normalized spacial score (nSPS) is 12.1. The molecule has 0 radical (unpaired) electrons. The van der Waals surface area contributed by atoms with Gasteiger partial charge in [-0.1, -0.05) is 6.92 Å². The zero-order valence-electron chi connectivity index (χ0n) is 8.52. The van der Waals surface area contributed by atoms with Crippen LogP contribution in [-0.2, 0) is 25.1 Å². The third kappa shape index (κ3) is 9.36. The van der Waals surface area contributed by atoms with Crippen LogP contribution in [0.2, 0.25) is 0 Å². The molecule has 0 rings (SSSR count). The van der Waals surface area contributed by atoms with Gasteiger partial charge in [0, 0.05) is 28.9 Å². The summed E-state index contributed by atoms with van der Waals surface area (Å²) < 4.78 is 15.5. The van der Waals surface area contributed by atoms with Gasteiger partial charge >= 0.3 is 5.97 Å². The number of ether oxygens (including phenoxy) is 1. The maximum absolute atomic E-state index is 11.0. The molecule has 0 aromatic rings. The van der Waals surface area contributed by atoms with E-state index < -0.39 is 29.3 Å². The Kier molecular flexibility index (Phi) is 7.84. The average Bonchev–Trinajstić information content (AvgIpc) is 2.17. The first-order chi connectivity index (χ1) is 7.06. The zero-order valence-corrected chi connectivity index (χ0v) is 9.34. The molecule has 15 heavy (non-hydrogen) atoms. The molecule has 0 aromatic carbocycles. The summed E-state index contributed by atoms with van der Waals surface area (Å²) >= 11 is 0. The fourth-order valence-corrected chi connectivity index (χ4v) is 1.35. The fourth-order valence-electron chi connectivity index (χ4n) is 0.731. The first kappa shape index (κ1) is 14.1. The van der Waals surface area contributed by atoms with Crippen LogP contribution < -0.4 is 5.32 Å². The number of rotatable bonds is 8. The molecule has 0 spiro atoms. The highest BCUT2D eigenvalue weighted by molar-refractivity contribution is 7.84. The summed E-state index contributed by atoms with van der Waals surface area (Å²) in [6, 6.07) is 0. The lowest BCUT2D eigenvalue weighted by atomic mass is 10.6. The Morgan fingerprint density at radius 3 is 2.60 bits per heavy atom. The predicted octanol–water partition coefficient (Wildman–Crippen LogP) is -1.03. The van der Waals surface area contributed by atoms with Crippen molar-refractivity contribution in [3.8, 4) is 0 Å². The van der Waals surface area contributed by atoms with Gasteiger partial charge in [0.05, 0.1) is 0 Å². The average molecular weight is 237 g/mol. The standard InChI is InChI=1S/C8H15NO5S/c1-2-15(13)4-3-9-7(10)5-14-6-8(11)12/h2-6H2,1H3,(H,9,10)(H,11,12). The minimum Gasteiger partial charge on any atom is -0.480 e. The van der Waals surface area contributed by atoms with Gasteiger partial charge in [-0.15, -0.1) is 0 Å². The molecule has 7 heteroatoms. The van der Waals surface area contributed by atoms with Crippen LogP contribution in [0.4, 0.5) is 0 Å². The van der Waals surface area contributed by atoms with Crippen LogP contribution in [0.3, 0.4) is 0 Å². The van der Waals surface area contributed by atoms with E-state index in [1.165, 1.54) is 0 Å². The number of aliphatic carboxylic acids is 1. The van der Waals surface area contributed by atoms with Crippen LogP contribution in [0.5, 0.6) is 0 Å². The van der Waals surface area contributed by atoms with Crippen molar-refractivity contribution in [2.45, 2.75) is 6.92 Å². The molecule has 0 aromatic heterocycles. The molecule has 6 nitrogen and oxygen atoms in total. The molecule has 0 bridgehead atoms. The van der Waals surface area contributed by atoms with Crippen molar-refractivity contribution in [3.63, 3.8) is 0 Å². The van der Waals surface area contributed by atoms with E-state index >= 15 is 0 Å². The highest BCUT2D eigenvalue weighted by atomic mass is 32.2. The molecular weight excluding hydrogens is 222 g/mol. The molecular formula is C8H15NO5S. The molecule has 0 fully saturated rings. The van der Waals surface area contributed by atoms with Crippen molar-refractivity contribution >= 4 is 22.7 Å². The molecule has 1 amide bonds. The maximum atomic E-state index is 11.0. The smallest absolute Gasteiger partial charge is 0.329 e. The van der Waals surface area contributed by atoms with E-state index in [4.69, 9.17) is 5.11 Å². The van der Waals surface area contributed by atoms with E-state index in [1.54, 1.807) is 6.92 Å². The molecule has 0 heterocycles. The molecule has 1 unspecified atom stereocenters. The van der Waals surface area contributed by atoms with E-state index in [9.17, 15) is 13.8 Å². The van der Waals surface area contributed by atoms with Gasteiger partial charge in [-0.25, -0.2) is 4.79 Å². The number of amides is 1. The number of carbonyl (C=O) groups is 2. The summed E-state index contributed by atoms with van der Waals surface area (Å²) in [4.78, 5) is 21.0. The highest BCUT2D eigenvalue weighted by Crippen LogP contribution is 1.80. The van der Waals surface area contributed by atoms with Crippen LogP contribution >= 0.6 is 0 Å². The Balaban J connectivity index is 3.41. The summed E-state index contributed by atoms with van der Waals surface area (Å²) in [6.45, 7) is 1.34. The predicted molar refractivity (Wildman–Crippen MR) is 55.0 cm³/mol. The monoisotopic (exact) mass is 237 g/mol. The molecule has 88 valence electrons. The lowest BCUT2D eigenvalue weighted by Crippen LogP contribution is -2.31. The molecule has 1 atom stereocenters. The van der Waals surface area contributed by atoms with Gasteiger partial charge in [-0.2, -0.15) is 0 Å². The SMILES string of the molecule is CCS(=O)CCNC(=O)COCC(=O)O. The number of hydrogen-bond acceptors (Lipinski definition) is 4. The van der Waals surface area contributed by atoms with Crippen LogP contribution in [0.1, 0.15) is 6.92 Å². The van der Waals surface area contributed by atoms with E-state index in [-0.39, 0.29) is 6.61 Å². The summed E-state index contributed by atoms with van der Waals surface area (Å²) in [5.41, 5.74) is 0. The summed E-state index contributed by atoms with van der Waals surface area (Å²) in [5, 5.41) is 10.7.